The van der Waals surface area contributed by atoms with Crippen LogP contribution in [-0.2, 0) is 21.6 Å². The number of hydrogen-bond acceptors (Lipinski definition) is 5. The van der Waals surface area contributed by atoms with Crippen molar-refractivity contribution in [2.45, 2.75) is 76.0 Å². The molecule has 4 rings (SSSR count). The van der Waals surface area contributed by atoms with Gasteiger partial charge >= 0.3 is 0 Å². The molecule has 1 amide bonds. The Labute approximate surface area is 232 Å². The van der Waals surface area contributed by atoms with Crippen LogP contribution in [0, 0.1) is 11.8 Å². The number of unbranched alkanes of at least 4 members (excludes halogenated alkanes) is 1. The number of ether oxygens (including phenoxy) is 1. The molecule has 1 heterocycles. The highest BCUT2D eigenvalue weighted by Gasteiger charge is 2.44. The standard InChI is InChI=1S/C31H43ClN2O4/c1-3-21-9-6-10-22(17-21)29-25(12-7-13-26(29)32)31(37,14-4-5-16-38-2)24-11-8-15-34(20-24)30(36)23-18-27(33)28(35)19-23/h6-7,9-10,12-13,17,23-24,27-28,35,37H,3-5,8,11,14-16,18-20,33H2,1-2H3. The van der Waals surface area contributed by atoms with Crippen LogP contribution in [0.4, 0.5) is 0 Å². The number of halogens is 1. The van der Waals surface area contributed by atoms with Crippen LogP contribution in [0.15, 0.2) is 42.5 Å². The van der Waals surface area contributed by atoms with E-state index in [9.17, 15) is 15.0 Å². The first-order valence-corrected chi connectivity index (χ1v) is 14.5. The second kappa shape index (κ2) is 12.9. The Balaban J connectivity index is 1.69. The van der Waals surface area contributed by atoms with Crippen molar-refractivity contribution in [1.29, 1.82) is 0 Å². The molecule has 1 aliphatic carbocycles. The fourth-order valence-electron chi connectivity index (χ4n) is 6.40. The Kier molecular flexibility index (Phi) is 9.88. The molecule has 7 heteroatoms. The van der Waals surface area contributed by atoms with Crippen molar-refractivity contribution in [1.82, 2.24) is 4.90 Å². The number of carbonyl (C=O) groups is 1. The second-order valence-electron chi connectivity index (χ2n) is 11.1. The average molecular weight is 543 g/mol. The molecule has 5 atom stereocenters. The van der Waals surface area contributed by atoms with Gasteiger partial charge in [0.1, 0.15) is 0 Å². The van der Waals surface area contributed by atoms with E-state index in [1.165, 1.54) is 5.56 Å². The summed E-state index contributed by atoms with van der Waals surface area (Å²) in [5.74, 6) is -0.355. The number of aliphatic hydroxyl groups is 2. The molecule has 1 aliphatic heterocycles. The summed E-state index contributed by atoms with van der Waals surface area (Å²) in [7, 11) is 1.69. The Morgan fingerprint density at radius 2 is 2.00 bits per heavy atom. The van der Waals surface area contributed by atoms with E-state index in [-0.39, 0.29) is 23.8 Å². The number of aryl methyl sites for hydroxylation is 1. The number of nitrogens with zero attached hydrogens (tertiary/aromatic N) is 1. The van der Waals surface area contributed by atoms with Crippen LogP contribution in [0.25, 0.3) is 11.1 Å². The maximum atomic E-state index is 13.5. The Bertz CT molecular complexity index is 1090. The second-order valence-corrected chi connectivity index (χ2v) is 11.5. The normalized spacial score (nSPS) is 25.4. The zero-order chi connectivity index (χ0) is 27.3. The molecule has 2 fully saturated rings. The first kappa shape index (κ1) is 29.0. The zero-order valence-electron chi connectivity index (χ0n) is 22.7. The summed E-state index contributed by atoms with van der Waals surface area (Å²) in [6.45, 7) is 3.90. The highest BCUT2D eigenvalue weighted by Crippen LogP contribution is 2.46. The molecule has 38 heavy (non-hydrogen) atoms. The molecule has 0 aromatic heterocycles. The van der Waals surface area contributed by atoms with Crippen LogP contribution in [0.5, 0.6) is 0 Å². The lowest BCUT2D eigenvalue weighted by Gasteiger charge is -2.44. The quantitative estimate of drug-likeness (QED) is 0.371. The molecular weight excluding hydrogens is 500 g/mol. The van der Waals surface area contributed by atoms with Gasteiger partial charge in [-0.15, -0.1) is 0 Å². The van der Waals surface area contributed by atoms with E-state index in [0.717, 1.165) is 48.8 Å². The van der Waals surface area contributed by atoms with Gasteiger partial charge in [0.25, 0.3) is 0 Å². The minimum Gasteiger partial charge on any atom is -0.391 e. The first-order valence-electron chi connectivity index (χ1n) is 14.1. The summed E-state index contributed by atoms with van der Waals surface area (Å²) in [5.41, 5.74) is 8.75. The van der Waals surface area contributed by atoms with E-state index in [1.807, 2.05) is 29.2 Å². The minimum absolute atomic E-state index is 0.0467. The smallest absolute Gasteiger partial charge is 0.225 e. The Morgan fingerprint density at radius 3 is 2.71 bits per heavy atom. The number of hydrogen-bond donors (Lipinski definition) is 3. The topological polar surface area (TPSA) is 96.0 Å². The monoisotopic (exact) mass is 542 g/mol. The molecule has 6 nitrogen and oxygen atoms in total. The van der Waals surface area contributed by atoms with Gasteiger partial charge in [0, 0.05) is 55.3 Å². The summed E-state index contributed by atoms with van der Waals surface area (Å²) in [5, 5.41) is 23.4. The van der Waals surface area contributed by atoms with Crippen molar-refractivity contribution < 1.29 is 19.7 Å². The maximum absolute atomic E-state index is 13.5. The van der Waals surface area contributed by atoms with E-state index in [0.29, 0.717) is 44.0 Å². The molecule has 5 unspecified atom stereocenters. The summed E-state index contributed by atoms with van der Waals surface area (Å²) in [6, 6.07) is 13.8. The van der Waals surface area contributed by atoms with E-state index < -0.39 is 11.7 Å². The van der Waals surface area contributed by atoms with Crippen LogP contribution in [0.3, 0.4) is 0 Å². The molecule has 1 saturated heterocycles. The highest BCUT2D eigenvalue weighted by molar-refractivity contribution is 6.33. The number of likely N-dealkylation sites (tertiary alicyclic amines) is 1. The molecule has 4 N–H and O–H groups in total. The summed E-state index contributed by atoms with van der Waals surface area (Å²) < 4.78 is 5.28. The molecule has 0 bridgehead atoms. The van der Waals surface area contributed by atoms with Crippen LogP contribution in [0.1, 0.15) is 63.0 Å². The SMILES string of the molecule is CCc1cccc(-c2c(Cl)cccc2C(O)(CCCCOC)C2CCCN(C(=O)C3CC(N)C(O)C3)C2)c1. The fraction of sp³-hybridized carbons (Fsp3) is 0.581. The minimum atomic E-state index is -1.17. The van der Waals surface area contributed by atoms with Crippen molar-refractivity contribution in [3.63, 3.8) is 0 Å². The van der Waals surface area contributed by atoms with E-state index >= 15 is 0 Å². The molecule has 2 aromatic rings. The van der Waals surface area contributed by atoms with E-state index in [4.69, 9.17) is 22.1 Å². The number of methoxy groups -OCH3 is 1. The van der Waals surface area contributed by atoms with Gasteiger partial charge in [-0.25, -0.2) is 0 Å². The van der Waals surface area contributed by atoms with E-state index in [2.05, 4.69) is 25.1 Å². The summed E-state index contributed by atoms with van der Waals surface area (Å²) >= 11 is 6.85. The third-order valence-corrected chi connectivity index (χ3v) is 8.91. The van der Waals surface area contributed by atoms with Crippen LogP contribution >= 0.6 is 11.6 Å². The van der Waals surface area contributed by atoms with Crippen molar-refractivity contribution in [2.24, 2.45) is 17.6 Å². The number of carbonyl (C=O) groups excluding carboxylic acids is 1. The van der Waals surface area contributed by atoms with Crippen LogP contribution in [0.2, 0.25) is 5.02 Å². The first-order chi connectivity index (χ1) is 18.3. The number of rotatable bonds is 10. The average Bonchev–Trinajstić information content (AvgIpc) is 3.28. The molecule has 0 spiro atoms. The van der Waals surface area contributed by atoms with Crippen molar-refractivity contribution in [3.05, 3.63) is 58.6 Å². The van der Waals surface area contributed by atoms with Gasteiger partial charge in [-0.1, -0.05) is 54.9 Å². The van der Waals surface area contributed by atoms with E-state index in [1.54, 1.807) is 7.11 Å². The molecule has 1 saturated carbocycles. The van der Waals surface area contributed by atoms with Gasteiger partial charge < -0.3 is 25.6 Å². The number of nitrogens with two attached hydrogens (primary N) is 1. The number of piperidine rings is 1. The predicted octanol–water partition coefficient (Wildman–Crippen LogP) is 4.91. The lowest BCUT2D eigenvalue weighted by Crippen LogP contribution is -2.49. The third kappa shape index (κ3) is 6.26. The van der Waals surface area contributed by atoms with Gasteiger partial charge in [-0.05, 0) is 74.1 Å². The van der Waals surface area contributed by atoms with Gasteiger partial charge in [0.2, 0.25) is 5.91 Å². The van der Waals surface area contributed by atoms with Gasteiger partial charge in [-0.3, -0.25) is 4.79 Å². The number of benzene rings is 2. The largest absolute Gasteiger partial charge is 0.391 e. The lowest BCUT2D eigenvalue weighted by atomic mass is 9.72. The predicted molar refractivity (Wildman–Crippen MR) is 152 cm³/mol. The van der Waals surface area contributed by atoms with Crippen molar-refractivity contribution in [2.75, 3.05) is 26.8 Å². The van der Waals surface area contributed by atoms with Gasteiger partial charge in [0.05, 0.1) is 11.7 Å². The number of aliphatic hydroxyl groups excluding tert-OH is 1. The molecule has 2 aromatic carbocycles. The van der Waals surface area contributed by atoms with Crippen molar-refractivity contribution in [3.8, 4) is 11.1 Å². The van der Waals surface area contributed by atoms with Gasteiger partial charge in [-0.2, -0.15) is 0 Å². The maximum Gasteiger partial charge on any atom is 0.225 e. The summed E-state index contributed by atoms with van der Waals surface area (Å²) in [6.07, 6.45) is 5.02. The number of amides is 1. The summed E-state index contributed by atoms with van der Waals surface area (Å²) in [4.78, 5) is 15.3. The lowest BCUT2D eigenvalue weighted by molar-refractivity contribution is -0.141. The van der Waals surface area contributed by atoms with Gasteiger partial charge in [0.15, 0.2) is 0 Å². The molecule has 2 aliphatic rings. The van der Waals surface area contributed by atoms with Crippen LogP contribution in [-0.4, -0.2) is 60.0 Å². The Morgan fingerprint density at radius 1 is 1.21 bits per heavy atom. The molecule has 208 valence electrons. The third-order valence-electron chi connectivity index (χ3n) is 8.59. The molecular formula is C31H43ClN2O4. The van der Waals surface area contributed by atoms with Crippen molar-refractivity contribution >= 4 is 17.5 Å². The van der Waals surface area contributed by atoms with Crippen LogP contribution < -0.4 is 5.73 Å². The Hall–Kier alpha value is -1.96. The highest BCUT2D eigenvalue weighted by atomic mass is 35.5. The zero-order valence-corrected chi connectivity index (χ0v) is 23.5. The fourth-order valence-corrected chi connectivity index (χ4v) is 6.68. The molecule has 0 radical (unpaired) electrons.